The minimum atomic E-state index is -1.04. The van der Waals surface area contributed by atoms with Crippen LogP contribution in [0.3, 0.4) is 0 Å². The van der Waals surface area contributed by atoms with Crippen LogP contribution in [0.5, 0.6) is 5.75 Å². The summed E-state index contributed by atoms with van der Waals surface area (Å²) in [6.07, 6.45) is 0.730. The molecule has 3 rings (SSSR count). The van der Waals surface area contributed by atoms with Crippen LogP contribution in [0.2, 0.25) is 0 Å². The molecular weight excluding hydrogens is 328 g/mol. The summed E-state index contributed by atoms with van der Waals surface area (Å²) in [5, 5.41) is 12.1. The summed E-state index contributed by atoms with van der Waals surface area (Å²) in [5.74, 6) is -2.35. The number of ether oxygens (including phenoxy) is 1. The summed E-state index contributed by atoms with van der Waals surface area (Å²) < 4.78 is 32.1. The van der Waals surface area contributed by atoms with Crippen LogP contribution in [0.1, 0.15) is 24.5 Å². The average Bonchev–Trinajstić information content (AvgIpc) is 3.42. The van der Waals surface area contributed by atoms with E-state index in [1.54, 1.807) is 30.3 Å². The van der Waals surface area contributed by atoms with Crippen LogP contribution in [-0.4, -0.2) is 24.2 Å². The molecule has 1 amide bonds. The predicted octanol–water partition coefficient (Wildman–Crippen LogP) is 2.97. The van der Waals surface area contributed by atoms with Gasteiger partial charge in [-0.2, -0.15) is 0 Å². The lowest BCUT2D eigenvalue weighted by atomic mass is 10.1. The smallest absolute Gasteiger partial charge is 0.265 e. The van der Waals surface area contributed by atoms with Crippen LogP contribution in [0.4, 0.5) is 8.78 Å². The first kappa shape index (κ1) is 17.4. The van der Waals surface area contributed by atoms with Gasteiger partial charge in [0.15, 0.2) is 11.6 Å². The van der Waals surface area contributed by atoms with Gasteiger partial charge in [-0.3, -0.25) is 4.79 Å². The Hall–Kier alpha value is -2.47. The first-order chi connectivity index (χ1) is 12.0. The second kappa shape index (κ2) is 7.19. The highest BCUT2D eigenvalue weighted by atomic mass is 19.2. The van der Waals surface area contributed by atoms with Gasteiger partial charge in [-0.05, 0) is 25.0 Å². The van der Waals surface area contributed by atoms with Gasteiger partial charge in [0.2, 0.25) is 6.10 Å². The molecule has 1 aliphatic rings. The van der Waals surface area contributed by atoms with E-state index in [4.69, 9.17) is 4.74 Å². The summed E-state index contributed by atoms with van der Waals surface area (Å²) >= 11 is 0. The molecule has 0 bridgehead atoms. The molecule has 1 unspecified atom stereocenters. The number of halogens is 2. The summed E-state index contributed by atoms with van der Waals surface area (Å²) in [6.45, 7) is 0.375. The molecule has 1 fully saturated rings. The lowest BCUT2D eigenvalue weighted by Crippen LogP contribution is -2.37. The molecule has 1 atom stereocenters. The van der Waals surface area contributed by atoms with Crippen molar-refractivity contribution < 1.29 is 23.4 Å². The van der Waals surface area contributed by atoms with Gasteiger partial charge in [-0.1, -0.05) is 30.3 Å². The minimum Gasteiger partial charge on any atom is -0.476 e. The number of hydrogen-bond acceptors (Lipinski definition) is 3. The molecule has 6 heteroatoms. The van der Waals surface area contributed by atoms with Crippen LogP contribution in [0.15, 0.2) is 48.5 Å². The van der Waals surface area contributed by atoms with Crippen LogP contribution < -0.4 is 10.1 Å². The number of benzene rings is 2. The van der Waals surface area contributed by atoms with E-state index in [2.05, 4.69) is 5.32 Å². The molecule has 2 aromatic carbocycles. The topological polar surface area (TPSA) is 58.6 Å². The van der Waals surface area contributed by atoms with Gasteiger partial charge in [0.25, 0.3) is 5.91 Å². The summed E-state index contributed by atoms with van der Waals surface area (Å²) in [7, 11) is 0. The molecule has 0 heterocycles. The molecule has 1 saturated carbocycles. The van der Waals surface area contributed by atoms with Gasteiger partial charge in [-0.25, -0.2) is 8.78 Å². The summed E-state index contributed by atoms with van der Waals surface area (Å²) in [4.78, 5) is 12.6. The number of hydrogen-bond donors (Lipinski definition) is 2. The average molecular weight is 347 g/mol. The molecule has 0 aliphatic heterocycles. The van der Waals surface area contributed by atoms with Crippen molar-refractivity contribution in [2.75, 3.05) is 13.2 Å². The van der Waals surface area contributed by atoms with Crippen molar-refractivity contribution in [2.45, 2.75) is 18.9 Å². The fourth-order valence-corrected chi connectivity index (χ4v) is 2.52. The number of carbonyl (C=O) groups excluding carboxylic acids is 1. The summed E-state index contributed by atoms with van der Waals surface area (Å²) in [6, 6.07) is 11.9. The van der Waals surface area contributed by atoms with Gasteiger partial charge in [0.05, 0.1) is 6.61 Å². The van der Waals surface area contributed by atoms with Crippen LogP contribution in [0.25, 0.3) is 0 Å². The van der Waals surface area contributed by atoms with Gasteiger partial charge in [0.1, 0.15) is 5.75 Å². The van der Waals surface area contributed by atoms with Crippen LogP contribution in [-0.2, 0) is 4.79 Å². The van der Waals surface area contributed by atoms with Gasteiger partial charge in [0, 0.05) is 23.6 Å². The first-order valence-corrected chi connectivity index (χ1v) is 8.08. The number of carbonyl (C=O) groups is 1. The molecule has 132 valence electrons. The molecule has 2 N–H and O–H groups in total. The third-order valence-corrected chi connectivity index (χ3v) is 4.42. The van der Waals surface area contributed by atoms with Crippen molar-refractivity contribution in [1.82, 2.24) is 5.32 Å². The van der Waals surface area contributed by atoms with E-state index >= 15 is 0 Å². The maximum atomic E-state index is 13.4. The van der Waals surface area contributed by atoms with E-state index in [0.717, 1.165) is 25.0 Å². The molecule has 2 aromatic rings. The van der Waals surface area contributed by atoms with Crippen LogP contribution in [0, 0.1) is 17.0 Å². The fraction of sp³-hybridized carbons (Fsp3) is 0.316. The van der Waals surface area contributed by atoms with Gasteiger partial charge >= 0.3 is 0 Å². The molecule has 0 radical (unpaired) electrons. The third-order valence-electron chi connectivity index (χ3n) is 4.42. The van der Waals surface area contributed by atoms with E-state index in [1.165, 1.54) is 6.07 Å². The maximum absolute atomic E-state index is 13.4. The number of nitrogens with one attached hydrogen (secondary N) is 1. The van der Waals surface area contributed by atoms with E-state index in [9.17, 15) is 18.7 Å². The zero-order valence-electron chi connectivity index (χ0n) is 13.5. The normalized spacial score (nSPS) is 16.1. The molecule has 0 aromatic heterocycles. The van der Waals surface area contributed by atoms with Crippen molar-refractivity contribution >= 4 is 5.91 Å². The fourth-order valence-electron chi connectivity index (χ4n) is 2.52. The van der Waals surface area contributed by atoms with E-state index in [-0.39, 0.29) is 17.8 Å². The van der Waals surface area contributed by atoms with Gasteiger partial charge in [-0.15, -0.1) is 0 Å². The number of amides is 1. The monoisotopic (exact) mass is 347 g/mol. The minimum absolute atomic E-state index is 0.0211. The highest BCUT2D eigenvalue weighted by Gasteiger charge is 2.42. The lowest BCUT2D eigenvalue weighted by molar-refractivity contribution is -0.128. The number of aliphatic hydroxyl groups excluding tert-OH is 1. The SMILES string of the molecule is O=C(NCC1(CO)CC1)C(Oc1ccc(F)c(F)c1)c1ccccc1. The quantitative estimate of drug-likeness (QED) is 0.810. The maximum Gasteiger partial charge on any atom is 0.265 e. The molecule has 0 spiro atoms. The Morgan fingerprint density at radius 3 is 2.48 bits per heavy atom. The Balaban J connectivity index is 1.77. The zero-order chi connectivity index (χ0) is 17.9. The third kappa shape index (κ3) is 4.14. The first-order valence-electron chi connectivity index (χ1n) is 8.08. The Bertz CT molecular complexity index is 748. The van der Waals surface area contributed by atoms with Crippen molar-refractivity contribution in [3.63, 3.8) is 0 Å². The van der Waals surface area contributed by atoms with Crippen molar-refractivity contribution in [2.24, 2.45) is 5.41 Å². The number of aliphatic hydroxyl groups is 1. The largest absolute Gasteiger partial charge is 0.476 e. The van der Waals surface area contributed by atoms with Gasteiger partial charge < -0.3 is 15.2 Å². The Morgan fingerprint density at radius 1 is 1.16 bits per heavy atom. The van der Waals surface area contributed by atoms with E-state index in [0.29, 0.717) is 12.1 Å². The molecule has 4 nitrogen and oxygen atoms in total. The zero-order valence-corrected chi connectivity index (χ0v) is 13.5. The highest BCUT2D eigenvalue weighted by Crippen LogP contribution is 2.44. The Labute approximate surface area is 144 Å². The van der Waals surface area contributed by atoms with Crippen molar-refractivity contribution in [3.8, 4) is 5.75 Å². The molecule has 1 aliphatic carbocycles. The van der Waals surface area contributed by atoms with Crippen molar-refractivity contribution in [3.05, 3.63) is 65.7 Å². The van der Waals surface area contributed by atoms with Crippen molar-refractivity contribution in [1.29, 1.82) is 0 Å². The second-order valence-electron chi connectivity index (χ2n) is 6.36. The molecule has 0 saturated heterocycles. The second-order valence-corrected chi connectivity index (χ2v) is 6.36. The molecule has 25 heavy (non-hydrogen) atoms. The Morgan fingerprint density at radius 2 is 1.88 bits per heavy atom. The Kier molecular flexibility index (Phi) is 4.99. The standard InChI is InChI=1S/C19H19F2NO3/c20-15-7-6-14(10-16(15)21)25-17(13-4-2-1-3-5-13)18(24)22-11-19(12-23)8-9-19/h1-7,10,17,23H,8-9,11-12H2,(H,22,24). The van der Waals surface area contributed by atoms with E-state index in [1.807, 2.05) is 0 Å². The predicted molar refractivity (Wildman–Crippen MR) is 87.9 cm³/mol. The lowest BCUT2D eigenvalue weighted by Gasteiger charge is -2.21. The van der Waals surface area contributed by atoms with E-state index < -0.39 is 23.6 Å². The molecular formula is C19H19F2NO3. The highest BCUT2D eigenvalue weighted by molar-refractivity contribution is 5.82. The van der Waals surface area contributed by atoms with Crippen LogP contribution >= 0.6 is 0 Å². The summed E-state index contributed by atoms with van der Waals surface area (Å²) in [5.41, 5.74) is 0.359. The number of rotatable bonds is 7.